The Morgan fingerprint density at radius 2 is 1.84 bits per heavy atom. The molecule has 0 amide bonds. The van der Waals surface area contributed by atoms with Crippen molar-refractivity contribution in [3.8, 4) is 17.6 Å². The van der Waals surface area contributed by atoms with E-state index < -0.39 is 29.4 Å². The van der Waals surface area contributed by atoms with Gasteiger partial charge >= 0.3 is 0 Å². The number of rotatable bonds is 7. The Morgan fingerprint density at radius 1 is 1.19 bits per heavy atom. The molecule has 8 nitrogen and oxygen atoms in total. The lowest BCUT2D eigenvalue weighted by Gasteiger charge is -2.17. The van der Waals surface area contributed by atoms with Gasteiger partial charge in [-0.1, -0.05) is 24.4 Å². The molecule has 0 unspecified atom stereocenters. The molecule has 0 aromatic carbocycles. The highest BCUT2D eigenvalue weighted by Crippen LogP contribution is 2.40. The molecule has 3 heterocycles. The predicted octanol–water partition coefficient (Wildman–Crippen LogP) is 3.72. The van der Waals surface area contributed by atoms with Crippen molar-refractivity contribution in [2.24, 2.45) is 0 Å². The Balaban J connectivity index is 1.83. The van der Waals surface area contributed by atoms with Crippen LogP contribution in [-0.4, -0.2) is 47.3 Å². The summed E-state index contributed by atoms with van der Waals surface area (Å²) in [6.45, 7) is -2.36. The maximum atomic E-state index is 12.7. The average Bonchev–Trinajstić information content (AvgIpc) is 3.42. The number of halogens is 3. The number of sulfonamides is 1. The summed E-state index contributed by atoms with van der Waals surface area (Å²) < 4.78 is 54.2. The van der Waals surface area contributed by atoms with Crippen LogP contribution >= 0.6 is 11.6 Å². The highest BCUT2D eigenvalue weighted by atomic mass is 35.5. The molecular weight excluding hydrogens is 462 g/mol. The number of alkyl halides is 2. The van der Waals surface area contributed by atoms with E-state index in [4.69, 9.17) is 11.6 Å². The lowest BCUT2D eigenvalue weighted by Crippen LogP contribution is -2.38. The summed E-state index contributed by atoms with van der Waals surface area (Å²) in [5.41, 5.74) is 1.51. The highest BCUT2D eigenvalue weighted by molar-refractivity contribution is 7.89. The molecule has 3 aromatic rings. The van der Waals surface area contributed by atoms with E-state index in [9.17, 15) is 22.5 Å². The molecule has 0 radical (unpaired) electrons. The highest BCUT2D eigenvalue weighted by Gasteiger charge is 2.28. The van der Waals surface area contributed by atoms with Crippen LogP contribution in [0.1, 0.15) is 37.3 Å². The van der Waals surface area contributed by atoms with Crippen molar-refractivity contribution < 1.29 is 17.2 Å². The number of nitrogens with zero attached hydrogens (tertiary/aromatic N) is 5. The summed E-state index contributed by atoms with van der Waals surface area (Å²) in [6.07, 6.45) is 7.54. The SMILES string of the molecule is N#Cc1c(-c2ncc(S(=O)(=O)NC(CF)CF)cn2)n(C2CCCC2)c2cc(Cl)ncc12. The van der Waals surface area contributed by atoms with Gasteiger partial charge in [0, 0.05) is 17.6 Å². The number of fused-ring (bicyclic) bond motifs is 1. The van der Waals surface area contributed by atoms with E-state index in [1.165, 1.54) is 6.20 Å². The van der Waals surface area contributed by atoms with Gasteiger partial charge in [0.2, 0.25) is 10.0 Å². The first-order chi connectivity index (χ1) is 15.4. The number of hydrogen-bond acceptors (Lipinski definition) is 6. The number of pyridine rings is 1. The minimum atomic E-state index is -4.21. The van der Waals surface area contributed by atoms with E-state index in [1.807, 2.05) is 9.29 Å². The van der Waals surface area contributed by atoms with Gasteiger partial charge in [-0.15, -0.1) is 0 Å². The lowest BCUT2D eigenvalue weighted by atomic mass is 10.2. The van der Waals surface area contributed by atoms with Gasteiger partial charge in [0.25, 0.3) is 0 Å². The second-order valence-corrected chi connectivity index (χ2v) is 9.64. The first-order valence-corrected chi connectivity index (χ1v) is 11.8. The minimum Gasteiger partial charge on any atom is -0.334 e. The Labute approximate surface area is 188 Å². The van der Waals surface area contributed by atoms with Gasteiger partial charge < -0.3 is 4.57 Å². The van der Waals surface area contributed by atoms with E-state index in [-0.39, 0.29) is 21.9 Å². The van der Waals surface area contributed by atoms with Gasteiger partial charge in [-0.05, 0) is 18.9 Å². The largest absolute Gasteiger partial charge is 0.334 e. The summed E-state index contributed by atoms with van der Waals surface area (Å²) in [7, 11) is -4.21. The van der Waals surface area contributed by atoms with E-state index in [0.29, 0.717) is 16.6 Å². The molecule has 0 bridgehead atoms. The molecule has 0 atom stereocenters. The fourth-order valence-corrected chi connectivity index (χ4v) is 5.26. The van der Waals surface area contributed by atoms with E-state index in [2.05, 4.69) is 21.0 Å². The molecule has 12 heteroatoms. The molecule has 0 aliphatic heterocycles. The quantitative estimate of drug-likeness (QED) is 0.515. The second kappa shape index (κ2) is 9.05. The third kappa shape index (κ3) is 4.05. The zero-order chi connectivity index (χ0) is 22.9. The maximum absolute atomic E-state index is 12.7. The van der Waals surface area contributed by atoms with Crippen LogP contribution < -0.4 is 4.72 Å². The normalized spacial score (nSPS) is 15.0. The molecule has 1 aliphatic carbocycles. The summed E-state index contributed by atoms with van der Waals surface area (Å²) in [4.78, 5) is 12.1. The van der Waals surface area contributed by atoms with Crippen molar-refractivity contribution in [3.63, 3.8) is 0 Å². The smallest absolute Gasteiger partial charge is 0.244 e. The molecule has 0 saturated heterocycles. The van der Waals surface area contributed by atoms with Gasteiger partial charge in [0.05, 0.1) is 29.5 Å². The van der Waals surface area contributed by atoms with Crippen LogP contribution in [0.3, 0.4) is 0 Å². The Bertz CT molecular complexity index is 1280. The van der Waals surface area contributed by atoms with Crippen LogP contribution in [0.5, 0.6) is 0 Å². The number of nitrogens with one attached hydrogen (secondary N) is 1. The van der Waals surface area contributed by atoms with Gasteiger partial charge in [-0.2, -0.15) is 5.26 Å². The van der Waals surface area contributed by atoms with E-state index in [0.717, 1.165) is 43.6 Å². The molecule has 0 spiro atoms. The summed E-state index contributed by atoms with van der Waals surface area (Å²) in [5.74, 6) is 0.159. The molecule has 1 N–H and O–H groups in total. The fraction of sp³-hybridized carbons (Fsp3) is 0.400. The Hall–Kier alpha value is -2.68. The van der Waals surface area contributed by atoms with Crippen molar-refractivity contribution in [1.29, 1.82) is 5.26 Å². The van der Waals surface area contributed by atoms with E-state index >= 15 is 0 Å². The number of hydrogen-bond donors (Lipinski definition) is 1. The third-order valence-electron chi connectivity index (χ3n) is 5.50. The first-order valence-electron chi connectivity index (χ1n) is 9.95. The van der Waals surface area contributed by atoms with Gasteiger partial charge in [0.15, 0.2) is 5.82 Å². The lowest BCUT2D eigenvalue weighted by molar-refractivity contribution is 0.334. The summed E-state index contributed by atoms with van der Waals surface area (Å²) in [6, 6.07) is 2.51. The topological polar surface area (TPSA) is 114 Å². The fourth-order valence-electron chi connectivity index (χ4n) is 4.02. The zero-order valence-corrected chi connectivity index (χ0v) is 18.4. The third-order valence-corrected chi connectivity index (χ3v) is 7.18. The van der Waals surface area contributed by atoms with Crippen molar-refractivity contribution in [3.05, 3.63) is 35.4 Å². The summed E-state index contributed by atoms with van der Waals surface area (Å²) >= 11 is 6.12. The molecule has 168 valence electrons. The first kappa shape index (κ1) is 22.5. The average molecular weight is 481 g/mol. The van der Waals surface area contributed by atoms with Crippen LogP contribution in [0, 0.1) is 11.3 Å². The molecular formula is C20H19ClF2N6O2S. The van der Waals surface area contributed by atoms with Crippen molar-refractivity contribution in [1.82, 2.24) is 24.2 Å². The Kier molecular flexibility index (Phi) is 6.37. The Morgan fingerprint density at radius 3 is 2.44 bits per heavy atom. The van der Waals surface area contributed by atoms with Crippen LogP contribution in [0.4, 0.5) is 8.78 Å². The number of nitriles is 1. The van der Waals surface area contributed by atoms with Gasteiger partial charge in [-0.3, -0.25) is 0 Å². The molecule has 1 fully saturated rings. The standard InChI is InChI=1S/C20H19ClF2N6O2S/c21-18-5-17-16(11-25-18)15(8-24)19(29(17)13-3-1-2-4-13)20-26-9-14(10-27-20)32(30,31)28-12(6-22)7-23/h5,9-13,28H,1-4,6-7H2. The van der Waals surface area contributed by atoms with Crippen LogP contribution in [0.2, 0.25) is 5.15 Å². The number of aromatic nitrogens is 4. The predicted molar refractivity (Wildman–Crippen MR) is 114 cm³/mol. The molecule has 1 aliphatic rings. The van der Waals surface area contributed by atoms with Crippen LogP contribution in [-0.2, 0) is 10.0 Å². The van der Waals surface area contributed by atoms with Crippen LogP contribution in [0.25, 0.3) is 22.4 Å². The van der Waals surface area contributed by atoms with Crippen molar-refractivity contribution in [2.75, 3.05) is 13.3 Å². The minimum absolute atomic E-state index is 0.108. The molecule has 4 rings (SSSR count). The van der Waals surface area contributed by atoms with E-state index in [1.54, 1.807) is 6.07 Å². The maximum Gasteiger partial charge on any atom is 0.244 e. The van der Waals surface area contributed by atoms with Crippen molar-refractivity contribution >= 4 is 32.5 Å². The second-order valence-electron chi connectivity index (χ2n) is 7.54. The van der Waals surface area contributed by atoms with Gasteiger partial charge in [0.1, 0.15) is 35.2 Å². The molecule has 3 aromatic heterocycles. The summed E-state index contributed by atoms with van der Waals surface area (Å²) in [5, 5.41) is 10.8. The molecule has 32 heavy (non-hydrogen) atoms. The van der Waals surface area contributed by atoms with Crippen LogP contribution in [0.15, 0.2) is 29.6 Å². The zero-order valence-electron chi connectivity index (χ0n) is 16.8. The van der Waals surface area contributed by atoms with Gasteiger partial charge in [-0.25, -0.2) is 36.9 Å². The molecule has 1 saturated carbocycles. The monoisotopic (exact) mass is 480 g/mol. The van der Waals surface area contributed by atoms with Crippen molar-refractivity contribution in [2.45, 2.75) is 42.7 Å².